The van der Waals surface area contributed by atoms with Gasteiger partial charge >= 0.3 is 0 Å². The first kappa shape index (κ1) is 18.8. The van der Waals surface area contributed by atoms with Crippen LogP contribution < -0.4 is 14.8 Å². The second-order valence-corrected chi connectivity index (χ2v) is 6.66. The van der Waals surface area contributed by atoms with Crippen LogP contribution in [0.1, 0.15) is 16.1 Å². The molecule has 0 unspecified atom stereocenters. The highest BCUT2D eigenvalue weighted by atomic mass is 35.5. The molecule has 1 aromatic heterocycles. The van der Waals surface area contributed by atoms with Gasteiger partial charge in [-0.3, -0.25) is 14.9 Å². The normalized spacial score (nSPS) is 12.4. The van der Waals surface area contributed by atoms with Crippen molar-refractivity contribution in [1.82, 2.24) is 5.32 Å². The lowest BCUT2D eigenvalue weighted by Gasteiger charge is -2.18. The molecule has 9 heteroatoms. The molecule has 0 spiro atoms. The van der Waals surface area contributed by atoms with Gasteiger partial charge in [0.25, 0.3) is 11.6 Å². The van der Waals surface area contributed by atoms with Gasteiger partial charge in [-0.1, -0.05) is 11.6 Å². The van der Waals surface area contributed by atoms with E-state index in [9.17, 15) is 14.9 Å². The first-order chi connectivity index (χ1) is 14.0. The fourth-order valence-electron chi connectivity index (χ4n) is 2.92. The van der Waals surface area contributed by atoms with E-state index in [4.69, 9.17) is 25.5 Å². The second-order valence-electron chi connectivity index (χ2n) is 6.23. The van der Waals surface area contributed by atoms with E-state index in [0.29, 0.717) is 35.5 Å². The number of nitro benzene ring substituents is 1. The third-order valence-corrected chi connectivity index (χ3v) is 4.57. The van der Waals surface area contributed by atoms with Crippen LogP contribution in [0.3, 0.4) is 0 Å². The average Bonchev–Trinajstić information content (AvgIpc) is 3.20. The van der Waals surface area contributed by atoms with Crippen LogP contribution in [0, 0.1) is 10.1 Å². The largest absolute Gasteiger partial charge is 0.486 e. The number of benzene rings is 2. The van der Waals surface area contributed by atoms with Crippen molar-refractivity contribution in [1.29, 1.82) is 0 Å². The van der Waals surface area contributed by atoms with E-state index >= 15 is 0 Å². The summed E-state index contributed by atoms with van der Waals surface area (Å²) in [6, 6.07) is 13.2. The van der Waals surface area contributed by atoms with Crippen LogP contribution in [0.15, 0.2) is 52.9 Å². The van der Waals surface area contributed by atoms with Crippen molar-refractivity contribution < 1.29 is 23.6 Å². The smallest absolute Gasteiger partial charge is 0.286 e. The van der Waals surface area contributed by atoms with E-state index in [0.717, 1.165) is 5.56 Å². The number of nitrogens with zero attached hydrogens (tertiary/aromatic N) is 1. The molecule has 29 heavy (non-hydrogen) atoms. The first-order valence-electron chi connectivity index (χ1n) is 8.72. The lowest BCUT2D eigenvalue weighted by molar-refractivity contribution is -0.385. The number of fused-ring (bicyclic) bond motifs is 1. The van der Waals surface area contributed by atoms with Gasteiger partial charge in [-0.2, -0.15) is 0 Å². The summed E-state index contributed by atoms with van der Waals surface area (Å²) >= 11 is 5.88. The molecule has 1 aliphatic rings. The van der Waals surface area contributed by atoms with Gasteiger partial charge in [-0.05, 0) is 36.4 Å². The van der Waals surface area contributed by atoms with Crippen molar-refractivity contribution in [3.05, 3.63) is 75.0 Å². The Morgan fingerprint density at radius 2 is 1.76 bits per heavy atom. The molecule has 3 aromatic rings. The zero-order chi connectivity index (χ0) is 20.4. The highest BCUT2D eigenvalue weighted by Gasteiger charge is 2.26. The monoisotopic (exact) mass is 414 g/mol. The third kappa shape index (κ3) is 4.02. The molecule has 0 bridgehead atoms. The number of hydrogen-bond acceptors (Lipinski definition) is 6. The number of rotatable bonds is 5. The summed E-state index contributed by atoms with van der Waals surface area (Å²) < 4.78 is 16.5. The molecule has 2 aromatic carbocycles. The number of nitrogens with one attached hydrogen (secondary N) is 1. The highest BCUT2D eigenvalue weighted by Crippen LogP contribution is 2.36. The summed E-state index contributed by atoms with van der Waals surface area (Å²) in [6.07, 6.45) is 0. The number of nitro groups is 1. The standard InChI is InChI=1S/C20H15ClN2O6/c21-13-3-1-12(2-4-13)17-6-5-14(29-17)11-22-20(24)15-9-18-19(28-8-7-27-18)10-16(15)23(25)26/h1-6,9-10H,7-8,11H2,(H,22,24). The van der Waals surface area contributed by atoms with Crippen LogP contribution in [-0.2, 0) is 6.54 Å². The molecule has 4 rings (SSSR count). The summed E-state index contributed by atoms with van der Waals surface area (Å²) in [5, 5.41) is 14.6. The summed E-state index contributed by atoms with van der Waals surface area (Å²) in [7, 11) is 0. The number of ether oxygens (including phenoxy) is 2. The molecule has 1 aliphatic heterocycles. The zero-order valence-electron chi connectivity index (χ0n) is 15.0. The Balaban J connectivity index is 1.50. The van der Waals surface area contributed by atoms with Gasteiger partial charge in [0.15, 0.2) is 11.5 Å². The van der Waals surface area contributed by atoms with E-state index in [1.54, 1.807) is 24.3 Å². The van der Waals surface area contributed by atoms with E-state index in [1.165, 1.54) is 12.1 Å². The summed E-state index contributed by atoms with van der Waals surface area (Å²) in [5.41, 5.74) is 0.381. The fourth-order valence-corrected chi connectivity index (χ4v) is 3.04. The van der Waals surface area contributed by atoms with Gasteiger partial charge in [0.2, 0.25) is 0 Å². The number of amides is 1. The minimum atomic E-state index is -0.626. The molecule has 1 amide bonds. The summed E-state index contributed by atoms with van der Waals surface area (Å²) in [6.45, 7) is 0.675. The van der Waals surface area contributed by atoms with Crippen molar-refractivity contribution in [2.75, 3.05) is 13.2 Å². The van der Waals surface area contributed by atoms with Crippen LogP contribution in [-0.4, -0.2) is 24.0 Å². The molecule has 0 aliphatic carbocycles. The summed E-state index contributed by atoms with van der Waals surface area (Å²) in [4.78, 5) is 23.3. The minimum Gasteiger partial charge on any atom is -0.486 e. The molecule has 2 heterocycles. The van der Waals surface area contributed by atoms with E-state index in [-0.39, 0.29) is 23.5 Å². The Kier molecular flexibility index (Phi) is 5.09. The van der Waals surface area contributed by atoms with Crippen LogP contribution in [0.2, 0.25) is 5.02 Å². The molecule has 0 radical (unpaired) electrons. The summed E-state index contributed by atoms with van der Waals surface area (Å²) in [5.74, 6) is 1.06. The van der Waals surface area contributed by atoms with Gasteiger partial charge in [0.1, 0.15) is 30.3 Å². The number of carbonyl (C=O) groups is 1. The van der Waals surface area contributed by atoms with Crippen molar-refractivity contribution >= 4 is 23.2 Å². The molecular weight excluding hydrogens is 400 g/mol. The number of furan rings is 1. The molecule has 0 saturated heterocycles. The SMILES string of the molecule is O=C(NCc1ccc(-c2ccc(Cl)cc2)o1)c1cc2c(cc1[N+](=O)[O-])OCCO2. The lowest BCUT2D eigenvalue weighted by atomic mass is 10.1. The van der Waals surface area contributed by atoms with Gasteiger partial charge < -0.3 is 19.2 Å². The lowest BCUT2D eigenvalue weighted by Crippen LogP contribution is -2.24. The van der Waals surface area contributed by atoms with Crippen LogP contribution in [0.25, 0.3) is 11.3 Å². The maximum atomic E-state index is 12.6. The predicted octanol–water partition coefficient (Wildman–Crippen LogP) is 4.21. The van der Waals surface area contributed by atoms with Crippen molar-refractivity contribution in [3.63, 3.8) is 0 Å². The topological polar surface area (TPSA) is 104 Å². The number of carbonyl (C=O) groups excluding carboxylic acids is 1. The maximum Gasteiger partial charge on any atom is 0.286 e. The molecule has 0 fully saturated rings. The van der Waals surface area contributed by atoms with Gasteiger partial charge in [-0.25, -0.2) is 0 Å². The van der Waals surface area contributed by atoms with E-state index < -0.39 is 10.8 Å². The molecule has 1 N–H and O–H groups in total. The molecule has 0 saturated carbocycles. The average molecular weight is 415 g/mol. The van der Waals surface area contributed by atoms with Gasteiger partial charge in [0.05, 0.1) is 17.5 Å². The Bertz CT molecular complexity index is 1080. The van der Waals surface area contributed by atoms with Crippen LogP contribution in [0.5, 0.6) is 11.5 Å². The van der Waals surface area contributed by atoms with E-state index in [1.807, 2.05) is 12.1 Å². The van der Waals surface area contributed by atoms with Crippen LogP contribution >= 0.6 is 11.6 Å². The van der Waals surface area contributed by atoms with Gasteiger partial charge in [-0.15, -0.1) is 0 Å². The first-order valence-corrected chi connectivity index (χ1v) is 9.10. The van der Waals surface area contributed by atoms with Crippen molar-refractivity contribution in [3.8, 4) is 22.8 Å². The second kappa shape index (κ2) is 7.84. The van der Waals surface area contributed by atoms with Crippen LogP contribution in [0.4, 0.5) is 5.69 Å². The highest BCUT2D eigenvalue weighted by molar-refractivity contribution is 6.30. The minimum absolute atomic E-state index is 0.0675. The molecule has 0 atom stereocenters. The molecule has 148 valence electrons. The van der Waals surface area contributed by atoms with Gasteiger partial charge in [0, 0.05) is 16.7 Å². The number of hydrogen-bond donors (Lipinski definition) is 1. The van der Waals surface area contributed by atoms with Crippen molar-refractivity contribution in [2.24, 2.45) is 0 Å². The maximum absolute atomic E-state index is 12.6. The quantitative estimate of drug-likeness (QED) is 0.495. The fraction of sp³-hybridized carbons (Fsp3) is 0.150. The van der Waals surface area contributed by atoms with E-state index in [2.05, 4.69) is 5.32 Å². The predicted molar refractivity (Wildman–Crippen MR) is 104 cm³/mol. The van der Waals surface area contributed by atoms with Crippen molar-refractivity contribution in [2.45, 2.75) is 6.54 Å². The Hall–Kier alpha value is -3.52. The Labute approximate surface area is 170 Å². The molecule has 8 nitrogen and oxygen atoms in total. The molecular formula is C20H15ClN2O6. The third-order valence-electron chi connectivity index (χ3n) is 4.32. The Morgan fingerprint density at radius 1 is 1.07 bits per heavy atom. The zero-order valence-corrected chi connectivity index (χ0v) is 15.8. The Morgan fingerprint density at radius 3 is 2.45 bits per heavy atom. The number of halogens is 1.